The Balaban J connectivity index is 2.09. The first-order valence-corrected chi connectivity index (χ1v) is 13.5. The summed E-state index contributed by atoms with van der Waals surface area (Å²) in [4.78, 5) is 4.61. The Kier molecular flexibility index (Phi) is 5.69. The molecule has 3 nitrogen and oxygen atoms in total. The number of rotatable bonds is 6. The number of fused-ring (bicyclic) bond motifs is 2. The maximum absolute atomic E-state index is 5.53. The second-order valence-corrected chi connectivity index (χ2v) is 15.2. The van der Waals surface area contributed by atoms with Gasteiger partial charge in [0.1, 0.15) is 5.75 Å². The van der Waals surface area contributed by atoms with Crippen LogP contribution in [0.3, 0.4) is 0 Å². The number of para-hydroxylation sites is 1. The van der Waals surface area contributed by atoms with E-state index in [4.69, 9.17) is 4.74 Å². The van der Waals surface area contributed by atoms with Crippen LogP contribution < -0.4 is 4.74 Å². The fourth-order valence-corrected chi connectivity index (χ4v) is 12.7. The second kappa shape index (κ2) is 8.16. The average molecular weight is 431 g/mol. The van der Waals surface area contributed by atoms with Gasteiger partial charge in [0.25, 0.3) is 0 Å². The Hall–Kier alpha value is -2.59. The van der Waals surface area contributed by atoms with Gasteiger partial charge in [0.15, 0.2) is 8.24 Å². The highest BCUT2D eigenvalue weighted by Crippen LogP contribution is 2.46. The third-order valence-electron chi connectivity index (χ3n) is 7.14. The number of ether oxygens (including phenoxy) is 1. The summed E-state index contributed by atoms with van der Waals surface area (Å²) in [6.45, 7) is 14.5. The molecule has 0 atom stereocenters. The molecule has 0 fully saturated rings. The Morgan fingerprint density at radius 2 is 1.48 bits per heavy atom. The van der Waals surface area contributed by atoms with E-state index < -0.39 is 8.24 Å². The van der Waals surface area contributed by atoms with Crippen LogP contribution in [0.5, 0.6) is 5.75 Å². The van der Waals surface area contributed by atoms with Gasteiger partial charge in [-0.3, -0.25) is 4.98 Å². The summed E-state index contributed by atoms with van der Waals surface area (Å²) < 4.78 is 8.24. The first kappa shape index (κ1) is 21.6. The molecule has 4 aromatic rings. The van der Waals surface area contributed by atoms with Crippen LogP contribution in [0.1, 0.15) is 41.5 Å². The predicted octanol–water partition coefficient (Wildman–Crippen LogP) is 7.89. The van der Waals surface area contributed by atoms with Crippen molar-refractivity contribution in [3.8, 4) is 16.9 Å². The zero-order valence-corrected chi connectivity index (χ0v) is 20.8. The lowest BCUT2D eigenvalue weighted by molar-refractivity contribution is 0.415. The monoisotopic (exact) mass is 430 g/mol. The number of pyridine rings is 1. The lowest BCUT2D eigenvalue weighted by Crippen LogP contribution is -2.51. The Labute approximate surface area is 187 Å². The minimum Gasteiger partial charge on any atom is -0.497 e. The Bertz CT molecular complexity index is 1200. The molecule has 2 aromatic carbocycles. The van der Waals surface area contributed by atoms with Crippen LogP contribution >= 0.6 is 0 Å². The lowest BCUT2D eigenvalue weighted by atomic mass is 10.0. The van der Waals surface area contributed by atoms with Gasteiger partial charge in [-0.05, 0) is 52.5 Å². The molecule has 0 N–H and O–H groups in total. The number of hydrogen-bond donors (Lipinski definition) is 0. The zero-order chi connectivity index (χ0) is 22.3. The third kappa shape index (κ3) is 3.28. The van der Waals surface area contributed by atoms with Gasteiger partial charge in [0.2, 0.25) is 0 Å². The molecule has 0 aliphatic rings. The average Bonchev–Trinajstić information content (AvgIpc) is 3.12. The minimum absolute atomic E-state index is 0.630. The zero-order valence-electron chi connectivity index (χ0n) is 19.8. The molecular formula is C27H34N2OSi. The molecule has 4 rings (SSSR count). The quantitative estimate of drug-likeness (QED) is 0.291. The van der Waals surface area contributed by atoms with E-state index in [2.05, 4.69) is 93.4 Å². The van der Waals surface area contributed by atoms with Gasteiger partial charge in [-0.2, -0.15) is 0 Å². The standard InChI is InChI=1S/C27H34N2OSi/c1-18(2)31(19(3)4,20(5)6)29-17-25(23-10-8-9-11-27(23)29)22-14-15-28-26-13-12-21(30-7)16-24(22)26/h8-20H,1-7H3. The molecule has 0 saturated heterocycles. The predicted molar refractivity (Wildman–Crippen MR) is 136 cm³/mol. The SMILES string of the molecule is COc1ccc2nccc(-c3cn([Si](C(C)C)(C(C)C)C(C)C)c4ccccc34)c2c1. The van der Waals surface area contributed by atoms with E-state index in [0.717, 1.165) is 16.7 Å². The van der Waals surface area contributed by atoms with Crippen molar-refractivity contribution >= 4 is 30.0 Å². The summed E-state index contributed by atoms with van der Waals surface area (Å²) in [6.07, 6.45) is 4.37. The number of benzene rings is 2. The van der Waals surface area contributed by atoms with Crippen LogP contribution in [0, 0.1) is 0 Å². The maximum Gasteiger partial charge on any atom is 0.169 e. The highest BCUT2D eigenvalue weighted by molar-refractivity contribution is 6.82. The largest absolute Gasteiger partial charge is 0.497 e. The summed E-state index contributed by atoms with van der Waals surface area (Å²) in [5, 5.41) is 2.45. The van der Waals surface area contributed by atoms with Crippen molar-refractivity contribution in [3.63, 3.8) is 0 Å². The van der Waals surface area contributed by atoms with E-state index in [1.54, 1.807) is 7.11 Å². The van der Waals surface area contributed by atoms with Crippen LogP contribution in [-0.4, -0.2) is 24.6 Å². The van der Waals surface area contributed by atoms with Crippen molar-refractivity contribution in [2.24, 2.45) is 0 Å². The van der Waals surface area contributed by atoms with Gasteiger partial charge in [-0.1, -0.05) is 59.7 Å². The number of hydrogen-bond acceptors (Lipinski definition) is 2. The Morgan fingerprint density at radius 3 is 2.13 bits per heavy atom. The van der Waals surface area contributed by atoms with Gasteiger partial charge in [-0.15, -0.1) is 0 Å². The van der Waals surface area contributed by atoms with E-state index in [0.29, 0.717) is 16.6 Å². The molecule has 0 aliphatic carbocycles. The van der Waals surface area contributed by atoms with Gasteiger partial charge < -0.3 is 8.97 Å². The Morgan fingerprint density at radius 1 is 0.806 bits per heavy atom. The lowest BCUT2D eigenvalue weighted by Gasteiger charge is -2.44. The van der Waals surface area contributed by atoms with Gasteiger partial charge >= 0.3 is 0 Å². The van der Waals surface area contributed by atoms with Gasteiger partial charge in [0.05, 0.1) is 12.6 Å². The molecule has 2 heterocycles. The molecule has 2 aromatic heterocycles. The van der Waals surface area contributed by atoms with Crippen molar-refractivity contribution < 1.29 is 4.74 Å². The first-order chi connectivity index (χ1) is 14.8. The second-order valence-electron chi connectivity index (χ2n) is 9.52. The molecule has 0 unspecified atom stereocenters. The maximum atomic E-state index is 5.53. The number of methoxy groups -OCH3 is 1. The minimum atomic E-state index is -1.89. The molecule has 162 valence electrons. The topological polar surface area (TPSA) is 27.1 Å². The van der Waals surface area contributed by atoms with Gasteiger partial charge in [0, 0.05) is 34.2 Å². The van der Waals surface area contributed by atoms with Crippen molar-refractivity contribution in [2.45, 2.75) is 58.2 Å². The summed E-state index contributed by atoms with van der Waals surface area (Å²) in [7, 11) is -0.170. The molecule has 31 heavy (non-hydrogen) atoms. The summed E-state index contributed by atoms with van der Waals surface area (Å²) in [6, 6.07) is 17.2. The molecule has 0 amide bonds. The summed E-state index contributed by atoms with van der Waals surface area (Å²) in [5.41, 5.74) is 6.75. The molecule has 0 spiro atoms. The molecule has 0 saturated carbocycles. The normalized spacial score (nSPS) is 12.6. The van der Waals surface area contributed by atoms with E-state index >= 15 is 0 Å². The number of nitrogens with zero attached hydrogens (tertiary/aromatic N) is 2. The van der Waals surface area contributed by atoms with Crippen LogP contribution in [0.25, 0.3) is 32.9 Å². The van der Waals surface area contributed by atoms with E-state index in [9.17, 15) is 0 Å². The van der Waals surface area contributed by atoms with Crippen LogP contribution in [0.15, 0.2) is 60.9 Å². The highest BCUT2D eigenvalue weighted by Gasteiger charge is 2.46. The summed E-state index contributed by atoms with van der Waals surface area (Å²) >= 11 is 0. The van der Waals surface area contributed by atoms with Crippen molar-refractivity contribution in [1.82, 2.24) is 9.22 Å². The van der Waals surface area contributed by atoms with Gasteiger partial charge in [-0.25, -0.2) is 0 Å². The van der Waals surface area contributed by atoms with Crippen molar-refractivity contribution in [2.75, 3.05) is 7.11 Å². The first-order valence-electron chi connectivity index (χ1n) is 11.4. The van der Waals surface area contributed by atoms with Crippen molar-refractivity contribution in [1.29, 1.82) is 0 Å². The van der Waals surface area contributed by atoms with E-state index in [-0.39, 0.29) is 0 Å². The van der Waals surface area contributed by atoms with E-state index in [1.807, 2.05) is 18.3 Å². The van der Waals surface area contributed by atoms with Crippen LogP contribution in [0.4, 0.5) is 0 Å². The van der Waals surface area contributed by atoms with Crippen molar-refractivity contribution in [3.05, 3.63) is 60.9 Å². The van der Waals surface area contributed by atoms with Crippen LogP contribution in [0.2, 0.25) is 16.6 Å². The molecule has 0 aliphatic heterocycles. The molecule has 0 bridgehead atoms. The molecule has 4 heteroatoms. The molecular weight excluding hydrogens is 396 g/mol. The highest BCUT2D eigenvalue weighted by atomic mass is 28.3. The third-order valence-corrected chi connectivity index (χ3v) is 13.9. The number of aromatic nitrogens is 2. The summed E-state index contributed by atoms with van der Waals surface area (Å²) in [5.74, 6) is 0.862. The fraction of sp³-hybridized carbons (Fsp3) is 0.370. The smallest absolute Gasteiger partial charge is 0.169 e. The molecule has 0 radical (unpaired) electrons. The fourth-order valence-electron chi connectivity index (χ4n) is 6.04. The van der Waals surface area contributed by atoms with E-state index in [1.165, 1.54) is 22.0 Å². The van der Waals surface area contributed by atoms with Crippen LogP contribution in [-0.2, 0) is 0 Å².